The average molecular weight is 249 g/mol. The Hall–Kier alpha value is -1.32. The van der Waals surface area contributed by atoms with Crippen molar-refractivity contribution in [3.05, 3.63) is 11.8 Å². The van der Waals surface area contributed by atoms with Crippen LogP contribution in [0, 0.1) is 12.8 Å². The smallest absolute Gasteiger partial charge is 0.225 e. The molecule has 0 spiro atoms. The minimum absolute atomic E-state index is 0.322. The van der Waals surface area contributed by atoms with Gasteiger partial charge in [0.25, 0.3) is 0 Å². The third-order valence-corrected chi connectivity index (χ3v) is 3.69. The minimum atomic E-state index is 0.322. The van der Waals surface area contributed by atoms with Crippen molar-refractivity contribution >= 4 is 5.95 Å². The lowest BCUT2D eigenvalue weighted by molar-refractivity contribution is 0.0858. The molecule has 4 nitrogen and oxygen atoms in total. The van der Waals surface area contributed by atoms with Crippen molar-refractivity contribution in [1.29, 1.82) is 0 Å². The van der Waals surface area contributed by atoms with E-state index in [2.05, 4.69) is 22.2 Å². The first-order chi connectivity index (χ1) is 8.72. The topological polar surface area (TPSA) is 47.0 Å². The summed E-state index contributed by atoms with van der Waals surface area (Å²) < 4.78 is 6.09. The van der Waals surface area contributed by atoms with Gasteiger partial charge in [-0.3, -0.25) is 0 Å². The zero-order valence-corrected chi connectivity index (χ0v) is 11.6. The summed E-state index contributed by atoms with van der Waals surface area (Å²) in [6.45, 7) is 4.21. The van der Waals surface area contributed by atoms with Gasteiger partial charge in [-0.25, -0.2) is 4.98 Å². The Balaban J connectivity index is 2.09. The Bertz CT molecular complexity index is 395. The SMILES string of the molecule is CCC1CCCCC1Oc1cc(C)nc(NC)n1. The summed E-state index contributed by atoms with van der Waals surface area (Å²) in [6, 6.07) is 1.92. The van der Waals surface area contributed by atoms with Crippen LogP contribution in [0.5, 0.6) is 5.88 Å². The highest BCUT2D eigenvalue weighted by Crippen LogP contribution is 2.30. The summed E-state index contributed by atoms with van der Waals surface area (Å²) in [7, 11) is 1.83. The fourth-order valence-corrected chi connectivity index (χ4v) is 2.66. The molecule has 2 unspecified atom stereocenters. The second-order valence-corrected chi connectivity index (χ2v) is 5.03. The van der Waals surface area contributed by atoms with E-state index in [1.807, 2.05) is 20.0 Å². The molecule has 2 rings (SSSR count). The number of hydrogen-bond acceptors (Lipinski definition) is 4. The Labute approximate surface area is 109 Å². The van der Waals surface area contributed by atoms with E-state index >= 15 is 0 Å². The zero-order chi connectivity index (χ0) is 13.0. The van der Waals surface area contributed by atoms with Crippen LogP contribution in [0.1, 0.15) is 44.7 Å². The van der Waals surface area contributed by atoms with Crippen molar-refractivity contribution in [3.63, 3.8) is 0 Å². The van der Waals surface area contributed by atoms with Crippen LogP contribution in [0.4, 0.5) is 5.95 Å². The molecule has 2 atom stereocenters. The summed E-state index contributed by atoms with van der Waals surface area (Å²) in [6.07, 6.45) is 6.55. The number of anilines is 1. The number of nitrogens with one attached hydrogen (secondary N) is 1. The average Bonchev–Trinajstić information content (AvgIpc) is 2.38. The second-order valence-electron chi connectivity index (χ2n) is 5.03. The van der Waals surface area contributed by atoms with E-state index in [-0.39, 0.29) is 0 Å². The molecule has 0 aliphatic heterocycles. The molecule has 1 aromatic rings. The van der Waals surface area contributed by atoms with Crippen molar-refractivity contribution in [2.24, 2.45) is 5.92 Å². The van der Waals surface area contributed by atoms with Crippen LogP contribution in [-0.2, 0) is 0 Å². The maximum Gasteiger partial charge on any atom is 0.225 e. The molecule has 0 aromatic carbocycles. The molecule has 1 fully saturated rings. The van der Waals surface area contributed by atoms with Crippen LogP contribution in [0.15, 0.2) is 6.07 Å². The van der Waals surface area contributed by atoms with Crippen molar-refractivity contribution in [1.82, 2.24) is 9.97 Å². The summed E-state index contributed by atoms with van der Waals surface area (Å²) in [4.78, 5) is 8.65. The van der Waals surface area contributed by atoms with Gasteiger partial charge in [-0.2, -0.15) is 4.98 Å². The van der Waals surface area contributed by atoms with Gasteiger partial charge < -0.3 is 10.1 Å². The van der Waals surface area contributed by atoms with E-state index in [0.29, 0.717) is 23.9 Å². The molecule has 100 valence electrons. The highest BCUT2D eigenvalue weighted by molar-refractivity contribution is 5.29. The largest absolute Gasteiger partial charge is 0.474 e. The van der Waals surface area contributed by atoms with Gasteiger partial charge in [0.2, 0.25) is 11.8 Å². The molecule has 1 heterocycles. The summed E-state index contributed by atoms with van der Waals surface area (Å²) in [5, 5.41) is 2.97. The van der Waals surface area contributed by atoms with Gasteiger partial charge in [0.1, 0.15) is 6.10 Å². The van der Waals surface area contributed by atoms with E-state index in [1.165, 1.54) is 25.7 Å². The van der Waals surface area contributed by atoms with Crippen LogP contribution in [0.25, 0.3) is 0 Å². The number of rotatable bonds is 4. The second kappa shape index (κ2) is 6.03. The maximum atomic E-state index is 6.09. The predicted molar refractivity (Wildman–Crippen MR) is 73.0 cm³/mol. The first-order valence-corrected chi connectivity index (χ1v) is 6.93. The lowest BCUT2D eigenvalue weighted by atomic mass is 9.85. The van der Waals surface area contributed by atoms with Gasteiger partial charge in [0, 0.05) is 18.8 Å². The van der Waals surface area contributed by atoms with Gasteiger partial charge in [0.15, 0.2) is 0 Å². The molecule has 1 aliphatic carbocycles. The van der Waals surface area contributed by atoms with Crippen LogP contribution in [-0.4, -0.2) is 23.1 Å². The Kier molecular flexibility index (Phi) is 4.39. The molecule has 4 heteroatoms. The van der Waals surface area contributed by atoms with Gasteiger partial charge >= 0.3 is 0 Å². The maximum absolute atomic E-state index is 6.09. The molecular weight excluding hydrogens is 226 g/mol. The van der Waals surface area contributed by atoms with Crippen LogP contribution in [0.3, 0.4) is 0 Å². The lowest BCUT2D eigenvalue weighted by Gasteiger charge is -2.30. The molecule has 1 saturated carbocycles. The van der Waals surface area contributed by atoms with E-state index in [0.717, 1.165) is 12.1 Å². The van der Waals surface area contributed by atoms with Crippen molar-refractivity contribution in [2.75, 3.05) is 12.4 Å². The van der Waals surface area contributed by atoms with Gasteiger partial charge in [-0.1, -0.05) is 13.3 Å². The summed E-state index contributed by atoms with van der Waals surface area (Å²) in [5.41, 5.74) is 0.938. The lowest BCUT2D eigenvalue weighted by Crippen LogP contribution is -2.30. The fourth-order valence-electron chi connectivity index (χ4n) is 2.66. The third kappa shape index (κ3) is 3.12. The quantitative estimate of drug-likeness (QED) is 0.890. The number of ether oxygens (including phenoxy) is 1. The Morgan fingerprint density at radius 1 is 1.33 bits per heavy atom. The fraction of sp³-hybridized carbons (Fsp3) is 0.714. The number of aromatic nitrogens is 2. The monoisotopic (exact) mass is 249 g/mol. The summed E-state index contributed by atoms with van der Waals surface area (Å²) >= 11 is 0. The van der Waals surface area contributed by atoms with Gasteiger partial charge in [-0.05, 0) is 38.5 Å². The van der Waals surface area contributed by atoms with E-state index in [4.69, 9.17) is 4.74 Å². The summed E-state index contributed by atoms with van der Waals surface area (Å²) in [5.74, 6) is 2.01. The van der Waals surface area contributed by atoms with Gasteiger partial charge in [0.05, 0.1) is 0 Å². The van der Waals surface area contributed by atoms with Crippen LogP contribution >= 0.6 is 0 Å². The molecule has 0 saturated heterocycles. The molecule has 0 bridgehead atoms. The first-order valence-electron chi connectivity index (χ1n) is 6.93. The highest BCUT2D eigenvalue weighted by Gasteiger charge is 2.25. The van der Waals surface area contributed by atoms with Crippen LogP contribution in [0.2, 0.25) is 0 Å². The van der Waals surface area contributed by atoms with Crippen molar-refractivity contribution in [2.45, 2.75) is 52.1 Å². The Morgan fingerprint density at radius 3 is 2.83 bits per heavy atom. The number of aryl methyl sites for hydroxylation is 1. The molecule has 1 N–H and O–H groups in total. The highest BCUT2D eigenvalue weighted by atomic mass is 16.5. The minimum Gasteiger partial charge on any atom is -0.474 e. The van der Waals surface area contributed by atoms with Crippen molar-refractivity contribution < 1.29 is 4.74 Å². The molecule has 18 heavy (non-hydrogen) atoms. The van der Waals surface area contributed by atoms with E-state index in [9.17, 15) is 0 Å². The molecular formula is C14H23N3O. The number of nitrogens with zero attached hydrogens (tertiary/aromatic N) is 2. The van der Waals surface area contributed by atoms with E-state index < -0.39 is 0 Å². The van der Waals surface area contributed by atoms with Crippen LogP contribution < -0.4 is 10.1 Å². The molecule has 0 radical (unpaired) electrons. The predicted octanol–water partition coefficient (Wildman–Crippen LogP) is 3.17. The van der Waals surface area contributed by atoms with Crippen molar-refractivity contribution in [3.8, 4) is 5.88 Å². The third-order valence-electron chi connectivity index (χ3n) is 3.69. The molecule has 1 aromatic heterocycles. The standard InChI is InChI=1S/C14H23N3O/c1-4-11-7-5-6-8-12(11)18-13-9-10(2)16-14(15-3)17-13/h9,11-12H,4-8H2,1-3H3,(H,15,16,17). The van der Waals surface area contributed by atoms with Gasteiger partial charge in [-0.15, -0.1) is 0 Å². The number of hydrogen-bond donors (Lipinski definition) is 1. The van der Waals surface area contributed by atoms with E-state index in [1.54, 1.807) is 0 Å². The zero-order valence-electron chi connectivity index (χ0n) is 11.6. The molecule has 1 aliphatic rings. The normalized spacial score (nSPS) is 23.7. The molecule has 0 amide bonds. The first kappa shape index (κ1) is 13.1. The Morgan fingerprint density at radius 2 is 2.11 bits per heavy atom.